The summed E-state index contributed by atoms with van der Waals surface area (Å²) < 4.78 is 12.7. The molecule has 18 heavy (non-hydrogen) atoms. The topological polar surface area (TPSA) is 62.0 Å². The number of halogens is 1. The summed E-state index contributed by atoms with van der Waals surface area (Å²) in [5.41, 5.74) is 0.650. The molecular weight excluding hydrogens is 235 g/mol. The molecule has 0 bridgehead atoms. The molecule has 0 spiro atoms. The molecule has 0 atom stereocenters. The fourth-order valence-corrected chi connectivity index (χ4v) is 1.46. The van der Waals surface area contributed by atoms with Gasteiger partial charge < -0.3 is 10.3 Å². The number of pyridine rings is 1. The second kappa shape index (κ2) is 5.27. The van der Waals surface area contributed by atoms with Crippen molar-refractivity contribution >= 4 is 5.91 Å². The summed E-state index contributed by atoms with van der Waals surface area (Å²) in [5.74, 6) is -0.700. The zero-order valence-corrected chi connectivity index (χ0v) is 9.44. The maximum atomic E-state index is 12.7. The molecule has 1 amide bonds. The molecule has 4 nitrogen and oxygen atoms in total. The number of benzene rings is 1. The lowest BCUT2D eigenvalue weighted by molar-refractivity contribution is 0.0945. The smallest absolute Gasteiger partial charge is 0.268 e. The Morgan fingerprint density at radius 3 is 2.56 bits per heavy atom. The average Bonchev–Trinajstić information content (AvgIpc) is 2.38. The Balaban J connectivity index is 2.00. The summed E-state index contributed by atoms with van der Waals surface area (Å²) in [5, 5.41) is 2.63. The summed E-state index contributed by atoms with van der Waals surface area (Å²) in [7, 11) is 0. The van der Waals surface area contributed by atoms with Gasteiger partial charge in [0.15, 0.2) is 0 Å². The predicted molar refractivity (Wildman–Crippen MR) is 64.6 cm³/mol. The van der Waals surface area contributed by atoms with Crippen LogP contribution in [0, 0.1) is 5.82 Å². The van der Waals surface area contributed by atoms with E-state index in [0.29, 0.717) is 0 Å². The van der Waals surface area contributed by atoms with E-state index < -0.39 is 0 Å². The van der Waals surface area contributed by atoms with E-state index in [1.54, 1.807) is 12.1 Å². The van der Waals surface area contributed by atoms with Crippen LogP contribution in [-0.4, -0.2) is 10.9 Å². The number of rotatable bonds is 3. The minimum absolute atomic E-state index is 0.199. The van der Waals surface area contributed by atoms with E-state index in [9.17, 15) is 14.0 Å². The minimum atomic E-state index is -0.378. The third-order valence-corrected chi connectivity index (χ3v) is 2.38. The maximum Gasteiger partial charge on any atom is 0.268 e. The lowest BCUT2D eigenvalue weighted by Gasteiger charge is -2.05. The van der Waals surface area contributed by atoms with Crippen LogP contribution in [-0.2, 0) is 6.54 Å². The fraction of sp³-hybridized carbons (Fsp3) is 0.0769. The Kier molecular flexibility index (Phi) is 3.52. The SMILES string of the molecule is O=C(NCc1ccc(F)cc1)c1cccc(=O)[nH]1. The second-order valence-corrected chi connectivity index (χ2v) is 3.74. The molecule has 0 aliphatic carbocycles. The quantitative estimate of drug-likeness (QED) is 0.860. The zero-order valence-electron chi connectivity index (χ0n) is 9.44. The van der Waals surface area contributed by atoms with Crippen molar-refractivity contribution < 1.29 is 9.18 Å². The maximum absolute atomic E-state index is 12.7. The number of amides is 1. The normalized spacial score (nSPS) is 10.1. The first-order valence-electron chi connectivity index (χ1n) is 5.37. The van der Waals surface area contributed by atoms with Gasteiger partial charge in [-0.2, -0.15) is 0 Å². The standard InChI is InChI=1S/C13H11FN2O2/c14-10-6-4-9(5-7-10)8-15-13(18)11-2-1-3-12(17)16-11/h1-7H,8H2,(H,15,18)(H,16,17). The largest absolute Gasteiger partial charge is 0.347 e. The summed E-state index contributed by atoms with van der Waals surface area (Å²) in [6, 6.07) is 10.2. The van der Waals surface area contributed by atoms with Crippen LogP contribution >= 0.6 is 0 Å². The Hall–Kier alpha value is -2.43. The highest BCUT2D eigenvalue weighted by Crippen LogP contribution is 2.02. The summed E-state index contributed by atoms with van der Waals surface area (Å²) in [6.45, 7) is 0.274. The van der Waals surface area contributed by atoms with Gasteiger partial charge in [-0.1, -0.05) is 18.2 Å². The van der Waals surface area contributed by atoms with Crippen molar-refractivity contribution in [2.45, 2.75) is 6.54 Å². The molecule has 1 aromatic heterocycles. The Morgan fingerprint density at radius 1 is 1.17 bits per heavy atom. The number of H-pyrrole nitrogens is 1. The van der Waals surface area contributed by atoms with E-state index in [2.05, 4.69) is 10.3 Å². The first-order chi connectivity index (χ1) is 8.65. The van der Waals surface area contributed by atoms with E-state index in [1.165, 1.54) is 30.3 Å². The van der Waals surface area contributed by atoms with E-state index in [-0.39, 0.29) is 29.5 Å². The highest BCUT2D eigenvalue weighted by Gasteiger charge is 2.05. The fourth-order valence-electron chi connectivity index (χ4n) is 1.46. The Morgan fingerprint density at radius 2 is 1.89 bits per heavy atom. The first-order valence-corrected chi connectivity index (χ1v) is 5.37. The lowest BCUT2D eigenvalue weighted by atomic mass is 10.2. The summed E-state index contributed by atoms with van der Waals surface area (Å²) in [4.78, 5) is 25.1. The molecule has 0 aliphatic heterocycles. The van der Waals surface area contributed by atoms with E-state index in [0.717, 1.165) is 5.56 Å². The number of nitrogens with one attached hydrogen (secondary N) is 2. The molecule has 0 saturated carbocycles. The van der Waals surface area contributed by atoms with Crippen LogP contribution in [0.15, 0.2) is 47.3 Å². The van der Waals surface area contributed by atoms with Crippen molar-refractivity contribution in [2.24, 2.45) is 0 Å². The van der Waals surface area contributed by atoms with Gasteiger partial charge in [0.25, 0.3) is 5.91 Å². The van der Waals surface area contributed by atoms with Crippen LogP contribution in [0.3, 0.4) is 0 Å². The predicted octanol–water partition coefficient (Wildman–Crippen LogP) is 1.44. The van der Waals surface area contributed by atoms with Crippen molar-refractivity contribution in [3.8, 4) is 0 Å². The van der Waals surface area contributed by atoms with Gasteiger partial charge in [0.05, 0.1) is 0 Å². The third-order valence-electron chi connectivity index (χ3n) is 2.38. The molecule has 0 unspecified atom stereocenters. The molecule has 0 aliphatic rings. The van der Waals surface area contributed by atoms with Gasteiger partial charge in [-0.25, -0.2) is 4.39 Å². The number of carbonyl (C=O) groups is 1. The molecular formula is C13H11FN2O2. The minimum Gasteiger partial charge on any atom is -0.347 e. The first kappa shape index (κ1) is 12.0. The second-order valence-electron chi connectivity index (χ2n) is 3.74. The third kappa shape index (κ3) is 3.04. The van der Waals surface area contributed by atoms with Crippen LogP contribution in [0.5, 0.6) is 0 Å². The molecule has 1 heterocycles. The van der Waals surface area contributed by atoms with Crippen molar-refractivity contribution in [3.63, 3.8) is 0 Å². The van der Waals surface area contributed by atoms with Crippen LogP contribution in [0.25, 0.3) is 0 Å². The Labute approximate surface area is 102 Å². The van der Waals surface area contributed by atoms with Crippen LogP contribution in [0.4, 0.5) is 4.39 Å². The number of hydrogen-bond acceptors (Lipinski definition) is 2. The number of aromatic amines is 1. The number of hydrogen-bond donors (Lipinski definition) is 2. The van der Waals surface area contributed by atoms with E-state index in [4.69, 9.17) is 0 Å². The van der Waals surface area contributed by atoms with Crippen molar-refractivity contribution in [1.29, 1.82) is 0 Å². The van der Waals surface area contributed by atoms with Crippen molar-refractivity contribution in [3.05, 3.63) is 69.9 Å². The van der Waals surface area contributed by atoms with E-state index in [1.807, 2.05) is 0 Å². The van der Waals surface area contributed by atoms with Crippen molar-refractivity contribution in [2.75, 3.05) is 0 Å². The highest BCUT2D eigenvalue weighted by atomic mass is 19.1. The van der Waals surface area contributed by atoms with Gasteiger partial charge in [-0.05, 0) is 23.8 Å². The summed E-state index contributed by atoms with van der Waals surface area (Å²) in [6.07, 6.45) is 0. The Bertz CT molecular complexity index is 605. The molecule has 0 radical (unpaired) electrons. The van der Waals surface area contributed by atoms with Gasteiger partial charge in [0.1, 0.15) is 11.5 Å². The van der Waals surface area contributed by atoms with Crippen LogP contribution in [0.2, 0.25) is 0 Å². The number of carbonyl (C=O) groups excluding carboxylic acids is 1. The highest BCUT2D eigenvalue weighted by molar-refractivity contribution is 5.92. The molecule has 0 saturated heterocycles. The molecule has 2 rings (SSSR count). The van der Waals surface area contributed by atoms with Crippen LogP contribution in [0.1, 0.15) is 16.1 Å². The zero-order chi connectivity index (χ0) is 13.0. The molecule has 2 N–H and O–H groups in total. The van der Waals surface area contributed by atoms with Gasteiger partial charge >= 0.3 is 0 Å². The molecule has 0 fully saturated rings. The molecule has 5 heteroatoms. The van der Waals surface area contributed by atoms with E-state index >= 15 is 0 Å². The van der Waals surface area contributed by atoms with Gasteiger partial charge in [0.2, 0.25) is 5.56 Å². The summed E-state index contributed by atoms with van der Waals surface area (Å²) >= 11 is 0. The van der Waals surface area contributed by atoms with Crippen molar-refractivity contribution in [1.82, 2.24) is 10.3 Å². The lowest BCUT2D eigenvalue weighted by Crippen LogP contribution is -2.25. The van der Waals surface area contributed by atoms with Gasteiger partial charge in [-0.15, -0.1) is 0 Å². The van der Waals surface area contributed by atoms with Crippen LogP contribution < -0.4 is 10.9 Å². The molecule has 92 valence electrons. The number of aromatic nitrogens is 1. The van der Waals surface area contributed by atoms with Gasteiger partial charge in [-0.3, -0.25) is 9.59 Å². The molecule has 2 aromatic rings. The van der Waals surface area contributed by atoms with Gasteiger partial charge in [0, 0.05) is 12.6 Å². The average molecular weight is 246 g/mol. The monoisotopic (exact) mass is 246 g/mol. The molecule has 1 aromatic carbocycles.